The largest absolute Gasteiger partial charge is 0.126 e. The topological polar surface area (TPSA) is 0 Å². The first-order valence-electron chi connectivity index (χ1n) is 4.33. The van der Waals surface area contributed by atoms with Crippen LogP contribution in [0.3, 0.4) is 0 Å². The zero-order chi connectivity index (χ0) is 8.69. The van der Waals surface area contributed by atoms with E-state index in [2.05, 4.69) is 26.0 Å². The number of allylic oxidation sites excluding steroid dienone is 3. The minimum atomic E-state index is 1.26. The van der Waals surface area contributed by atoms with Gasteiger partial charge in [0.15, 0.2) is 0 Å². The van der Waals surface area contributed by atoms with Gasteiger partial charge in [0, 0.05) is 10.7 Å². The van der Waals surface area contributed by atoms with Crippen molar-refractivity contribution in [3.05, 3.63) is 22.6 Å². The molecule has 1 fully saturated rings. The molecule has 1 rings (SSSR count). The van der Waals surface area contributed by atoms with Gasteiger partial charge < -0.3 is 0 Å². The van der Waals surface area contributed by atoms with Gasteiger partial charge in [-0.1, -0.05) is 26.0 Å². The highest BCUT2D eigenvalue weighted by atomic mass is 32.2. The summed E-state index contributed by atoms with van der Waals surface area (Å²) in [5.41, 5.74) is 1.53. The van der Waals surface area contributed by atoms with E-state index in [1.807, 2.05) is 25.6 Å². The Labute approximate surface area is 74.8 Å². The Balaban J connectivity index is 0.000000461. The number of hydrogen-bond acceptors (Lipinski definition) is 1. The Hall–Kier alpha value is -0.170. The molecule has 64 valence electrons. The van der Waals surface area contributed by atoms with Crippen LogP contribution in [0.4, 0.5) is 0 Å². The van der Waals surface area contributed by atoms with Crippen molar-refractivity contribution in [1.82, 2.24) is 0 Å². The molecular formula is C10H18S. The molecule has 0 nitrogen and oxygen atoms in total. The van der Waals surface area contributed by atoms with Crippen LogP contribution >= 0.6 is 11.8 Å². The summed E-state index contributed by atoms with van der Waals surface area (Å²) in [7, 11) is 0. The number of rotatable bonds is 0. The standard InChI is InChI=1S/C8H12S.C2H6/c1-3-7-5-6-9-8(7)4-2;1-2/h3-4H,5-6H2,1-2H3;1-2H3/b7-3-,8-4+;. The first-order valence-corrected chi connectivity index (χ1v) is 5.31. The summed E-state index contributed by atoms with van der Waals surface area (Å²) >= 11 is 1.97. The van der Waals surface area contributed by atoms with Gasteiger partial charge in [-0.2, -0.15) is 0 Å². The van der Waals surface area contributed by atoms with Crippen molar-refractivity contribution in [2.45, 2.75) is 34.1 Å². The van der Waals surface area contributed by atoms with Crippen LogP contribution in [-0.2, 0) is 0 Å². The fraction of sp³-hybridized carbons (Fsp3) is 0.600. The molecule has 1 aliphatic heterocycles. The maximum atomic E-state index is 2.22. The summed E-state index contributed by atoms with van der Waals surface area (Å²) in [5, 5.41) is 0. The van der Waals surface area contributed by atoms with Crippen LogP contribution in [-0.4, -0.2) is 5.75 Å². The summed E-state index contributed by atoms with van der Waals surface area (Å²) in [4.78, 5) is 1.48. The van der Waals surface area contributed by atoms with Crippen LogP contribution in [0.1, 0.15) is 34.1 Å². The summed E-state index contributed by atoms with van der Waals surface area (Å²) < 4.78 is 0. The summed E-state index contributed by atoms with van der Waals surface area (Å²) in [6.07, 6.45) is 5.68. The highest BCUT2D eigenvalue weighted by molar-refractivity contribution is 8.03. The van der Waals surface area contributed by atoms with E-state index in [1.54, 1.807) is 0 Å². The van der Waals surface area contributed by atoms with Crippen LogP contribution in [0.2, 0.25) is 0 Å². The normalized spacial score (nSPS) is 23.6. The molecule has 1 heteroatoms. The molecule has 0 unspecified atom stereocenters. The van der Waals surface area contributed by atoms with Gasteiger partial charge in [-0.25, -0.2) is 0 Å². The molecule has 0 saturated carbocycles. The van der Waals surface area contributed by atoms with E-state index in [1.165, 1.54) is 22.7 Å². The van der Waals surface area contributed by atoms with Gasteiger partial charge in [-0.05, 0) is 25.8 Å². The lowest BCUT2D eigenvalue weighted by Crippen LogP contribution is -1.72. The Morgan fingerprint density at radius 1 is 1.18 bits per heavy atom. The van der Waals surface area contributed by atoms with Crippen LogP contribution in [0.25, 0.3) is 0 Å². The first kappa shape index (κ1) is 10.8. The summed E-state index contributed by atoms with van der Waals surface area (Å²) in [6.45, 7) is 8.22. The van der Waals surface area contributed by atoms with Crippen molar-refractivity contribution in [3.8, 4) is 0 Å². The van der Waals surface area contributed by atoms with Crippen molar-refractivity contribution >= 4 is 11.8 Å². The van der Waals surface area contributed by atoms with E-state index in [0.717, 1.165) is 0 Å². The molecule has 1 heterocycles. The average Bonchev–Trinajstić information content (AvgIpc) is 2.54. The number of thioether (sulfide) groups is 1. The van der Waals surface area contributed by atoms with Crippen LogP contribution < -0.4 is 0 Å². The molecule has 0 bridgehead atoms. The van der Waals surface area contributed by atoms with Gasteiger partial charge in [0.05, 0.1) is 0 Å². The van der Waals surface area contributed by atoms with Crippen LogP contribution in [0.5, 0.6) is 0 Å². The van der Waals surface area contributed by atoms with Gasteiger partial charge in [-0.15, -0.1) is 11.8 Å². The molecule has 0 spiro atoms. The molecule has 0 aromatic heterocycles. The quantitative estimate of drug-likeness (QED) is 0.529. The highest BCUT2D eigenvalue weighted by Crippen LogP contribution is 2.34. The maximum absolute atomic E-state index is 2.22. The molecular weight excluding hydrogens is 152 g/mol. The van der Waals surface area contributed by atoms with Gasteiger partial charge >= 0.3 is 0 Å². The molecule has 0 atom stereocenters. The molecule has 1 saturated heterocycles. The van der Waals surface area contributed by atoms with E-state index >= 15 is 0 Å². The van der Waals surface area contributed by atoms with Gasteiger partial charge in [0.2, 0.25) is 0 Å². The van der Waals surface area contributed by atoms with Crippen LogP contribution in [0.15, 0.2) is 22.6 Å². The second-order valence-electron chi connectivity index (χ2n) is 2.07. The SMILES string of the molecule is C/C=C1/CCS/C1=C/C.CC. The molecule has 0 radical (unpaired) electrons. The third-order valence-corrected chi connectivity index (χ3v) is 2.77. The van der Waals surface area contributed by atoms with Crippen molar-refractivity contribution in [2.75, 3.05) is 5.75 Å². The van der Waals surface area contributed by atoms with Crippen molar-refractivity contribution in [2.24, 2.45) is 0 Å². The molecule has 0 aromatic carbocycles. The lowest BCUT2D eigenvalue weighted by molar-refractivity contribution is 1.19. The number of hydrogen-bond donors (Lipinski definition) is 0. The Morgan fingerprint density at radius 3 is 2.18 bits per heavy atom. The van der Waals surface area contributed by atoms with E-state index in [-0.39, 0.29) is 0 Å². The Morgan fingerprint density at radius 2 is 1.82 bits per heavy atom. The fourth-order valence-electron chi connectivity index (χ4n) is 1.04. The van der Waals surface area contributed by atoms with E-state index in [0.29, 0.717) is 0 Å². The van der Waals surface area contributed by atoms with E-state index in [4.69, 9.17) is 0 Å². The fourth-order valence-corrected chi connectivity index (χ4v) is 2.16. The van der Waals surface area contributed by atoms with E-state index in [9.17, 15) is 0 Å². The second-order valence-corrected chi connectivity index (χ2v) is 3.20. The van der Waals surface area contributed by atoms with E-state index < -0.39 is 0 Å². The third kappa shape index (κ3) is 3.15. The smallest absolute Gasteiger partial charge is 0.00584 e. The molecule has 0 aliphatic carbocycles. The van der Waals surface area contributed by atoms with Gasteiger partial charge in [-0.3, -0.25) is 0 Å². The monoisotopic (exact) mass is 170 g/mol. The van der Waals surface area contributed by atoms with Gasteiger partial charge in [0.1, 0.15) is 0 Å². The molecule has 11 heavy (non-hydrogen) atoms. The van der Waals surface area contributed by atoms with Crippen LogP contribution in [0, 0.1) is 0 Å². The minimum absolute atomic E-state index is 1.26. The third-order valence-electron chi connectivity index (χ3n) is 1.56. The summed E-state index contributed by atoms with van der Waals surface area (Å²) in [5.74, 6) is 1.28. The lowest BCUT2D eigenvalue weighted by Gasteiger charge is -1.93. The van der Waals surface area contributed by atoms with Gasteiger partial charge in [0.25, 0.3) is 0 Å². The predicted octanol–water partition coefficient (Wildman–Crippen LogP) is 4.00. The minimum Gasteiger partial charge on any atom is -0.126 e. The molecule has 0 amide bonds. The molecule has 0 N–H and O–H groups in total. The van der Waals surface area contributed by atoms with Crippen molar-refractivity contribution in [1.29, 1.82) is 0 Å². The second kappa shape index (κ2) is 6.53. The van der Waals surface area contributed by atoms with Crippen molar-refractivity contribution in [3.63, 3.8) is 0 Å². The Kier molecular flexibility index (Phi) is 6.43. The first-order chi connectivity index (χ1) is 5.38. The highest BCUT2D eigenvalue weighted by Gasteiger charge is 2.10. The molecule has 0 aromatic rings. The van der Waals surface area contributed by atoms with Crippen molar-refractivity contribution < 1.29 is 0 Å². The zero-order valence-electron chi connectivity index (χ0n) is 7.98. The zero-order valence-corrected chi connectivity index (χ0v) is 8.79. The Bertz CT molecular complexity index is 136. The summed E-state index contributed by atoms with van der Waals surface area (Å²) in [6, 6.07) is 0. The lowest BCUT2D eigenvalue weighted by atomic mass is 10.2. The molecule has 1 aliphatic rings. The average molecular weight is 170 g/mol. The predicted molar refractivity (Wildman–Crippen MR) is 55.9 cm³/mol. The maximum Gasteiger partial charge on any atom is 0.00584 e.